The minimum absolute atomic E-state index is 0.121. The Labute approximate surface area is 259 Å². The van der Waals surface area contributed by atoms with Crippen molar-refractivity contribution in [1.82, 2.24) is 19.9 Å². The van der Waals surface area contributed by atoms with Crippen LogP contribution in [0.4, 0.5) is 5.82 Å². The molecule has 0 bridgehead atoms. The number of hydrogen-bond acceptors (Lipinski definition) is 6. The van der Waals surface area contributed by atoms with Crippen LogP contribution in [-0.2, 0) is 27.2 Å². The molecule has 0 aliphatic carbocycles. The first-order chi connectivity index (χ1) is 21.2. The third-order valence-corrected chi connectivity index (χ3v) is 8.25. The van der Waals surface area contributed by atoms with Crippen LogP contribution in [0.3, 0.4) is 0 Å². The number of nitrogens with one attached hydrogen (secondary N) is 1. The first-order valence-electron chi connectivity index (χ1n) is 17.0. The Bertz CT molecular complexity index is 1200. The second-order valence-corrected chi connectivity index (χ2v) is 11.8. The highest BCUT2D eigenvalue weighted by Crippen LogP contribution is 2.29. The molecule has 2 aromatic heterocycles. The molecule has 0 atom stereocenters. The van der Waals surface area contributed by atoms with Crippen molar-refractivity contribution >= 4 is 33.7 Å². The van der Waals surface area contributed by atoms with Gasteiger partial charge in [-0.3, -0.25) is 4.79 Å². The number of unbranched alkanes of at least 4 members (excludes halogenated alkanes) is 14. The van der Waals surface area contributed by atoms with Gasteiger partial charge in [-0.2, -0.15) is 0 Å². The summed E-state index contributed by atoms with van der Waals surface area (Å²) in [6.45, 7) is 5.00. The number of nitrogen functional groups attached to an aromatic ring is 1. The number of aromatic nitrogens is 3. The van der Waals surface area contributed by atoms with Gasteiger partial charge in [-0.15, -0.1) is 0 Å². The van der Waals surface area contributed by atoms with Crippen LogP contribution in [0.2, 0.25) is 0 Å². The Morgan fingerprint density at radius 3 is 2.12 bits per heavy atom. The number of nitrogens with two attached hydrogens (primary N) is 1. The predicted octanol–water partition coefficient (Wildman–Crippen LogP) is 7.75. The number of methoxy groups -OCH3 is 1. The number of nitrogens with zero attached hydrogens (tertiary/aromatic N) is 3. The van der Waals surface area contributed by atoms with E-state index in [1.54, 1.807) is 7.11 Å². The Kier molecular flexibility index (Phi) is 17.0. The van der Waals surface area contributed by atoms with Crippen LogP contribution in [0.1, 0.15) is 115 Å². The number of carbonyl (C=O) groups excluding carboxylic acids is 1. The quantitative estimate of drug-likeness (QED) is 0.0971. The Hall–Kier alpha value is -2.71. The van der Waals surface area contributed by atoms with Crippen molar-refractivity contribution in [2.75, 3.05) is 39.2 Å². The lowest BCUT2D eigenvalue weighted by atomic mass is 10.0. The number of amides is 1. The molecule has 1 aromatic carbocycles. The van der Waals surface area contributed by atoms with E-state index in [1.807, 2.05) is 18.2 Å². The van der Waals surface area contributed by atoms with Crippen molar-refractivity contribution in [2.24, 2.45) is 0 Å². The van der Waals surface area contributed by atoms with Crippen molar-refractivity contribution in [1.29, 1.82) is 0 Å². The Morgan fingerprint density at radius 1 is 0.837 bits per heavy atom. The maximum atomic E-state index is 12.2. The van der Waals surface area contributed by atoms with Gasteiger partial charge in [0, 0.05) is 38.4 Å². The fourth-order valence-electron chi connectivity index (χ4n) is 5.80. The Morgan fingerprint density at radius 2 is 1.47 bits per heavy atom. The number of pyridine rings is 1. The number of imidazole rings is 1. The average Bonchev–Trinajstić information content (AvgIpc) is 3.38. The largest absolute Gasteiger partial charge is 0.384 e. The molecule has 0 fully saturated rings. The molecule has 0 aliphatic rings. The molecule has 0 saturated carbocycles. The number of ether oxygens (including phenoxy) is 2. The molecule has 0 spiro atoms. The highest BCUT2D eigenvalue weighted by molar-refractivity contribution is 6.06. The smallest absolute Gasteiger partial charge is 0.220 e. The fourth-order valence-corrected chi connectivity index (χ4v) is 5.80. The number of para-hydroxylation sites is 1. The van der Waals surface area contributed by atoms with Crippen LogP contribution in [0.25, 0.3) is 21.9 Å². The first kappa shape index (κ1) is 34.8. The molecule has 3 aromatic rings. The number of benzene rings is 1. The van der Waals surface area contributed by atoms with Crippen molar-refractivity contribution < 1.29 is 14.3 Å². The number of anilines is 1. The van der Waals surface area contributed by atoms with Gasteiger partial charge in [-0.05, 0) is 12.5 Å². The maximum Gasteiger partial charge on any atom is 0.220 e. The van der Waals surface area contributed by atoms with E-state index in [4.69, 9.17) is 20.2 Å². The normalized spacial score (nSPS) is 11.6. The van der Waals surface area contributed by atoms with Gasteiger partial charge in [0.15, 0.2) is 5.82 Å². The van der Waals surface area contributed by atoms with Crippen molar-refractivity contribution in [2.45, 2.75) is 123 Å². The Balaban J connectivity index is 1.23. The summed E-state index contributed by atoms with van der Waals surface area (Å²) in [6.07, 6.45) is 21.2. The second kappa shape index (κ2) is 21.1. The van der Waals surface area contributed by atoms with E-state index in [-0.39, 0.29) is 5.91 Å². The highest BCUT2D eigenvalue weighted by atomic mass is 16.5. The third-order valence-electron chi connectivity index (χ3n) is 8.25. The number of fused-ring (bicyclic) bond motifs is 3. The van der Waals surface area contributed by atoms with Gasteiger partial charge < -0.3 is 25.1 Å². The summed E-state index contributed by atoms with van der Waals surface area (Å²) in [5.41, 5.74) is 8.82. The monoisotopic (exact) mass is 595 g/mol. The average molecular weight is 596 g/mol. The lowest BCUT2D eigenvalue weighted by molar-refractivity contribution is -0.121. The molecular weight excluding hydrogens is 538 g/mol. The molecule has 2 heterocycles. The molecule has 0 radical (unpaired) electrons. The molecule has 1 amide bonds. The van der Waals surface area contributed by atoms with E-state index in [0.29, 0.717) is 51.6 Å². The zero-order valence-electron chi connectivity index (χ0n) is 27.0. The minimum atomic E-state index is 0.121. The molecule has 8 nitrogen and oxygen atoms in total. The highest BCUT2D eigenvalue weighted by Gasteiger charge is 2.17. The topological polar surface area (TPSA) is 104 Å². The van der Waals surface area contributed by atoms with E-state index < -0.39 is 0 Å². The van der Waals surface area contributed by atoms with Gasteiger partial charge >= 0.3 is 0 Å². The van der Waals surface area contributed by atoms with Crippen LogP contribution in [0, 0.1) is 0 Å². The van der Waals surface area contributed by atoms with Crippen LogP contribution in [0.5, 0.6) is 0 Å². The van der Waals surface area contributed by atoms with E-state index in [2.05, 4.69) is 27.9 Å². The van der Waals surface area contributed by atoms with Crippen LogP contribution in [0.15, 0.2) is 24.3 Å². The summed E-state index contributed by atoms with van der Waals surface area (Å²) in [4.78, 5) is 21.6. The number of hydrogen-bond donors (Lipinski definition) is 2. The summed E-state index contributed by atoms with van der Waals surface area (Å²) >= 11 is 0. The maximum absolute atomic E-state index is 12.2. The van der Waals surface area contributed by atoms with Gasteiger partial charge in [-0.25, -0.2) is 9.97 Å². The van der Waals surface area contributed by atoms with E-state index >= 15 is 0 Å². The van der Waals surface area contributed by atoms with Crippen molar-refractivity contribution in [3.8, 4) is 0 Å². The summed E-state index contributed by atoms with van der Waals surface area (Å²) in [5.74, 6) is 1.46. The molecule has 240 valence electrons. The summed E-state index contributed by atoms with van der Waals surface area (Å²) < 4.78 is 13.4. The fraction of sp³-hybridized carbons (Fsp3) is 0.686. The number of carbonyl (C=O) groups is 1. The third kappa shape index (κ3) is 12.4. The molecule has 8 heteroatoms. The molecular formula is C35H57N5O3. The lowest BCUT2D eigenvalue weighted by Crippen LogP contribution is -2.27. The van der Waals surface area contributed by atoms with Gasteiger partial charge in [0.25, 0.3) is 0 Å². The minimum Gasteiger partial charge on any atom is -0.384 e. The van der Waals surface area contributed by atoms with Crippen LogP contribution >= 0.6 is 0 Å². The molecule has 3 N–H and O–H groups in total. The van der Waals surface area contributed by atoms with Crippen LogP contribution in [-0.4, -0.2) is 53.9 Å². The van der Waals surface area contributed by atoms with E-state index in [1.165, 1.54) is 83.5 Å². The molecule has 0 unspecified atom stereocenters. The van der Waals surface area contributed by atoms with Crippen molar-refractivity contribution in [3.05, 3.63) is 30.1 Å². The molecule has 3 rings (SSSR count). The molecule has 43 heavy (non-hydrogen) atoms. The zero-order valence-corrected chi connectivity index (χ0v) is 27.0. The predicted molar refractivity (Wildman–Crippen MR) is 178 cm³/mol. The van der Waals surface area contributed by atoms with Gasteiger partial charge in [0.1, 0.15) is 11.3 Å². The SMILES string of the molecule is CCCCCCCCCCCCCCCCCC(=O)NCCOCCn1c(CCOC)nc2c(N)nc3ccccc3c21. The van der Waals surface area contributed by atoms with E-state index in [9.17, 15) is 4.79 Å². The van der Waals surface area contributed by atoms with E-state index in [0.717, 1.165) is 40.6 Å². The first-order valence-corrected chi connectivity index (χ1v) is 17.0. The summed E-state index contributed by atoms with van der Waals surface area (Å²) in [6, 6.07) is 7.99. The van der Waals surface area contributed by atoms with Gasteiger partial charge in [0.2, 0.25) is 5.91 Å². The van der Waals surface area contributed by atoms with Gasteiger partial charge in [0.05, 0.1) is 30.9 Å². The number of rotatable bonds is 25. The van der Waals surface area contributed by atoms with Gasteiger partial charge in [-0.1, -0.05) is 115 Å². The van der Waals surface area contributed by atoms with Crippen molar-refractivity contribution in [3.63, 3.8) is 0 Å². The summed E-state index contributed by atoms with van der Waals surface area (Å²) in [5, 5.41) is 4.02. The lowest BCUT2D eigenvalue weighted by Gasteiger charge is -2.12. The molecule has 0 saturated heterocycles. The second-order valence-electron chi connectivity index (χ2n) is 11.8. The van der Waals surface area contributed by atoms with Crippen LogP contribution < -0.4 is 11.1 Å². The zero-order chi connectivity index (χ0) is 30.5. The molecule has 0 aliphatic heterocycles. The summed E-state index contributed by atoms with van der Waals surface area (Å²) in [7, 11) is 1.69. The standard InChI is InChI=1S/C35H57N5O3/c1-3-4-5-6-7-8-9-10-11-12-13-14-15-16-17-22-32(41)37-24-27-43-28-25-40-31(23-26-42-2)39-33-34(40)29-20-18-19-21-30(29)38-35(33)36/h18-21H,3-17,22-28H2,1-2H3,(H2,36,38)(H,37,41).